The summed E-state index contributed by atoms with van der Waals surface area (Å²) in [7, 11) is 0. The van der Waals surface area contributed by atoms with Crippen molar-refractivity contribution in [1.82, 2.24) is 20.0 Å². The zero-order valence-corrected chi connectivity index (χ0v) is 13.7. The van der Waals surface area contributed by atoms with E-state index in [0.717, 1.165) is 36.0 Å². The van der Waals surface area contributed by atoms with Crippen molar-refractivity contribution in [3.8, 4) is 0 Å². The van der Waals surface area contributed by atoms with E-state index in [2.05, 4.69) is 15.1 Å². The van der Waals surface area contributed by atoms with Crippen LogP contribution in [0.5, 0.6) is 0 Å². The Kier molecular flexibility index (Phi) is 4.63. The van der Waals surface area contributed by atoms with Crippen LogP contribution in [0, 0.1) is 6.92 Å². The summed E-state index contributed by atoms with van der Waals surface area (Å²) in [5, 5.41) is 17.7. The highest BCUT2D eigenvalue weighted by Crippen LogP contribution is 2.21. The zero-order valence-electron chi connectivity index (χ0n) is 13.7. The third kappa shape index (κ3) is 3.38. The molecule has 2 heterocycles. The lowest BCUT2D eigenvalue weighted by atomic mass is 10.1. The largest absolute Gasteiger partial charge is 0.392 e. The number of aromatic amines is 1. The van der Waals surface area contributed by atoms with Crippen LogP contribution in [0.15, 0.2) is 18.3 Å². The first-order valence-corrected chi connectivity index (χ1v) is 8.22. The lowest BCUT2D eigenvalue weighted by molar-refractivity contribution is 0.0525. The molecule has 1 amide bonds. The average Bonchev–Trinajstić information content (AvgIpc) is 3.02. The Bertz CT molecular complexity index is 689. The van der Waals surface area contributed by atoms with Gasteiger partial charge in [-0.1, -0.05) is 6.92 Å². The predicted octanol–water partition coefficient (Wildman–Crippen LogP) is 1.40. The van der Waals surface area contributed by atoms with E-state index in [9.17, 15) is 9.90 Å². The van der Waals surface area contributed by atoms with Crippen LogP contribution in [0.2, 0.25) is 0 Å². The van der Waals surface area contributed by atoms with Crippen LogP contribution >= 0.6 is 0 Å². The summed E-state index contributed by atoms with van der Waals surface area (Å²) in [6.45, 7) is 7.66. The standard InChI is InChI=1S/C17H24N4O2/c1-3-14(22)11-20-4-6-21(7-5-20)17(23)15-9-12(2)8-13-10-18-19-16(13)15/h8-10,14,22H,3-7,11H2,1-2H3,(H,18,19)/t14-/m1/s1. The number of hydrogen-bond donors (Lipinski definition) is 2. The summed E-state index contributed by atoms with van der Waals surface area (Å²) in [5.41, 5.74) is 2.57. The molecule has 0 unspecified atom stereocenters. The number of aliphatic hydroxyl groups is 1. The minimum absolute atomic E-state index is 0.0543. The molecule has 1 aliphatic rings. The van der Waals surface area contributed by atoms with Crippen molar-refractivity contribution in [2.45, 2.75) is 26.4 Å². The number of nitrogens with one attached hydrogen (secondary N) is 1. The molecule has 124 valence electrons. The summed E-state index contributed by atoms with van der Waals surface area (Å²) in [4.78, 5) is 17.0. The highest BCUT2D eigenvalue weighted by atomic mass is 16.3. The van der Waals surface area contributed by atoms with Gasteiger partial charge in [-0.2, -0.15) is 5.10 Å². The molecule has 6 heteroatoms. The third-order valence-electron chi connectivity index (χ3n) is 4.52. The van der Waals surface area contributed by atoms with Gasteiger partial charge in [0.05, 0.1) is 23.4 Å². The fourth-order valence-electron chi connectivity index (χ4n) is 3.11. The molecular formula is C17H24N4O2. The van der Waals surface area contributed by atoms with Gasteiger partial charge in [0.15, 0.2) is 0 Å². The molecule has 1 aromatic heterocycles. The fraction of sp³-hybridized carbons (Fsp3) is 0.529. The van der Waals surface area contributed by atoms with Crippen LogP contribution in [-0.2, 0) is 0 Å². The van der Waals surface area contributed by atoms with E-state index in [-0.39, 0.29) is 12.0 Å². The SMILES string of the molecule is CC[C@@H](O)CN1CCN(C(=O)c2cc(C)cc3cn[nH]c23)CC1. The van der Waals surface area contributed by atoms with Gasteiger partial charge in [0.1, 0.15) is 0 Å². The fourth-order valence-corrected chi connectivity index (χ4v) is 3.11. The number of β-amino-alcohol motifs (C(OH)–C–C–N with tert-alkyl or cyclic N) is 1. The number of carbonyl (C=O) groups excluding carboxylic acids is 1. The van der Waals surface area contributed by atoms with Crippen molar-refractivity contribution in [3.05, 3.63) is 29.5 Å². The molecule has 1 atom stereocenters. The molecule has 1 aliphatic heterocycles. The number of benzene rings is 1. The lowest BCUT2D eigenvalue weighted by Crippen LogP contribution is -2.50. The maximum absolute atomic E-state index is 12.9. The Hall–Kier alpha value is -1.92. The summed E-state index contributed by atoms with van der Waals surface area (Å²) in [6, 6.07) is 3.95. The molecule has 1 fully saturated rings. The molecule has 3 rings (SSSR count). The van der Waals surface area contributed by atoms with Crippen molar-refractivity contribution in [2.24, 2.45) is 0 Å². The van der Waals surface area contributed by atoms with E-state index in [1.807, 2.05) is 30.9 Å². The smallest absolute Gasteiger partial charge is 0.256 e. The Balaban J connectivity index is 1.71. The Morgan fingerprint density at radius 3 is 2.78 bits per heavy atom. The number of aryl methyl sites for hydroxylation is 1. The van der Waals surface area contributed by atoms with Crippen molar-refractivity contribution >= 4 is 16.8 Å². The van der Waals surface area contributed by atoms with Crippen molar-refractivity contribution in [2.75, 3.05) is 32.7 Å². The molecule has 1 saturated heterocycles. The van der Waals surface area contributed by atoms with Gasteiger partial charge >= 0.3 is 0 Å². The number of rotatable bonds is 4. The van der Waals surface area contributed by atoms with Crippen LogP contribution in [0.25, 0.3) is 10.9 Å². The van der Waals surface area contributed by atoms with Gasteiger partial charge in [-0.3, -0.25) is 14.8 Å². The molecular weight excluding hydrogens is 292 g/mol. The molecule has 0 bridgehead atoms. The Labute approximate surface area is 136 Å². The molecule has 0 radical (unpaired) electrons. The molecule has 1 aromatic carbocycles. The molecule has 6 nitrogen and oxygen atoms in total. The highest BCUT2D eigenvalue weighted by Gasteiger charge is 2.24. The van der Waals surface area contributed by atoms with Gasteiger partial charge in [-0.15, -0.1) is 0 Å². The van der Waals surface area contributed by atoms with Crippen LogP contribution < -0.4 is 0 Å². The number of piperazine rings is 1. The summed E-state index contributed by atoms with van der Waals surface area (Å²) >= 11 is 0. The van der Waals surface area contributed by atoms with E-state index in [1.165, 1.54) is 0 Å². The van der Waals surface area contributed by atoms with Crippen molar-refractivity contribution in [1.29, 1.82) is 0 Å². The summed E-state index contributed by atoms with van der Waals surface area (Å²) in [6.07, 6.45) is 2.24. The van der Waals surface area contributed by atoms with Gasteiger partial charge < -0.3 is 10.0 Å². The van der Waals surface area contributed by atoms with Crippen LogP contribution in [0.1, 0.15) is 29.3 Å². The second-order valence-corrected chi connectivity index (χ2v) is 6.30. The van der Waals surface area contributed by atoms with Gasteiger partial charge in [0.2, 0.25) is 0 Å². The normalized spacial score (nSPS) is 17.6. The number of amides is 1. The van der Waals surface area contributed by atoms with Crippen LogP contribution in [-0.4, -0.2) is 69.8 Å². The zero-order chi connectivity index (χ0) is 16.4. The summed E-state index contributed by atoms with van der Waals surface area (Å²) in [5.74, 6) is 0.0543. The van der Waals surface area contributed by atoms with Crippen LogP contribution in [0.3, 0.4) is 0 Å². The maximum atomic E-state index is 12.9. The second-order valence-electron chi connectivity index (χ2n) is 6.30. The molecule has 0 saturated carbocycles. The lowest BCUT2D eigenvalue weighted by Gasteiger charge is -2.35. The van der Waals surface area contributed by atoms with E-state index in [0.29, 0.717) is 25.2 Å². The van der Waals surface area contributed by atoms with Crippen molar-refractivity contribution in [3.63, 3.8) is 0 Å². The number of aliphatic hydroxyl groups excluding tert-OH is 1. The minimum atomic E-state index is -0.279. The molecule has 0 aliphatic carbocycles. The number of H-pyrrole nitrogens is 1. The first-order chi connectivity index (χ1) is 11.1. The average molecular weight is 316 g/mol. The highest BCUT2D eigenvalue weighted by molar-refractivity contribution is 6.05. The van der Waals surface area contributed by atoms with E-state index >= 15 is 0 Å². The number of hydrogen-bond acceptors (Lipinski definition) is 4. The number of fused-ring (bicyclic) bond motifs is 1. The monoisotopic (exact) mass is 316 g/mol. The first kappa shape index (κ1) is 16.0. The maximum Gasteiger partial charge on any atom is 0.256 e. The van der Waals surface area contributed by atoms with E-state index in [1.54, 1.807) is 6.20 Å². The molecule has 23 heavy (non-hydrogen) atoms. The minimum Gasteiger partial charge on any atom is -0.392 e. The Morgan fingerprint density at radius 2 is 2.09 bits per heavy atom. The topological polar surface area (TPSA) is 72.5 Å². The Morgan fingerprint density at radius 1 is 1.35 bits per heavy atom. The molecule has 2 N–H and O–H groups in total. The number of aromatic nitrogens is 2. The summed E-state index contributed by atoms with van der Waals surface area (Å²) < 4.78 is 0. The first-order valence-electron chi connectivity index (χ1n) is 8.22. The number of carbonyl (C=O) groups is 1. The molecule has 0 spiro atoms. The van der Waals surface area contributed by atoms with Gasteiger partial charge in [-0.25, -0.2) is 0 Å². The number of nitrogens with zero attached hydrogens (tertiary/aromatic N) is 3. The van der Waals surface area contributed by atoms with Gasteiger partial charge in [0.25, 0.3) is 5.91 Å². The molecule has 2 aromatic rings. The van der Waals surface area contributed by atoms with E-state index in [4.69, 9.17) is 0 Å². The van der Waals surface area contributed by atoms with Crippen molar-refractivity contribution < 1.29 is 9.90 Å². The third-order valence-corrected chi connectivity index (χ3v) is 4.52. The second kappa shape index (κ2) is 6.68. The van der Waals surface area contributed by atoms with Gasteiger partial charge in [0, 0.05) is 38.1 Å². The predicted molar refractivity (Wildman–Crippen MR) is 89.5 cm³/mol. The quantitative estimate of drug-likeness (QED) is 0.894. The van der Waals surface area contributed by atoms with Crippen LogP contribution in [0.4, 0.5) is 0 Å². The van der Waals surface area contributed by atoms with E-state index < -0.39 is 0 Å². The van der Waals surface area contributed by atoms with Gasteiger partial charge in [-0.05, 0) is 31.0 Å².